The van der Waals surface area contributed by atoms with Crippen LogP contribution in [0.3, 0.4) is 0 Å². The molecule has 0 saturated heterocycles. The van der Waals surface area contributed by atoms with Gasteiger partial charge in [-0.1, -0.05) is 53.4 Å². The number of hydrogen-bond donors (Lipinski definition) is 0. The molecule has 1 atom stereocenters. The highest BCUT2D eigenvalue weighted by atomic mass is 16.5. The van der Waals surface area contributed by atoms with Crippen LogP contribution in [0.1, 0.15) is 72.6 Å². The van der Waals surface area contributed by atoms with Crippen LogP contribution in [-0.2, 0) is 14.3 Å². The molecule has 0 radical (unpaired) electrons. The molecule has 0 bridgehead atoms. The molecule has 0 aromatic carbocycles. The summed E-state index contributed by atoms with van der Waals surface area (Å²) in [5, 5.41) is 0. The van der Waals surface area contributed by atoms with Crippen LogP contribution < -0.4 is 0 Å². The Morgan fingerprint density at radius 2 is 1.79 bits per heavy atom. The number of unbranched alkanes of at least 4 members (excludes halogenated alkanes) is 3. The monoisotopic (exact) mass is 270 g/mol. The van der Waals surface area contributed by atoms with E-state index in [1.54, 1.807) is 0 Å². The summed E-state index contributed by atoms with van der Waals surface area (Å²) in [5.74, 6) is -0.846. The molecule has 0 N–H and O–H groups in total. The minimum atomic E-state index is -0.502. The minimum Gasteiger partial charge on any atom is -0.468 e. The Kier molecular flexibility index (Phi) is 8.70. The molecule has 0 aromatic heterocycles. The van der Waals surface area contributed by atoms with Crippen molar-refractivity contribution in [1.29, 1.82) is 0 Å². The van der Waals surface area contributed by atoms with E-state index in [-0.39, 0.29) is 17.2 Å². The van der Waals surface area contributed by atoms with Gasteiger partial charge in [-0.15, -0.1) is 0 Å². The number of carbonyl (C=O) groups is 2. The fraction of sp³-hybridized carbons (Fsp3) is 0.875. The van der Waals surface area contributed by atoms with Crippen molar-refractivity contribution in [2.75, 3.05) is 7.11 Å². The second-order valence-corrected chi connectivity index (χ2v) is 6.13. The van der Waals surface area contributed by atoms with Crippen molar-refractivity contribution in [3.63, 3.8) is 0 Å². The Morgan fingerprint density at radius 3 is 2.16 bits per heavy atom. The molecule has 0 heterocycles. The van der Waals surface area contributed by atoms with E-state index < -0.39 is 5.92 Å². The molecule has 1 unspecified atom stereocenters. The maximum atomic E-state index is 11.5. The van der Waals surface area contributed by atoms with Gasteiger partial charge in [0, 0.05) is 6.42 Å². The van der Waals surface area contributed by atoms with Crippen molar-refractivity contribution in [2.45, 2.75) is 72.6 Å². The Balaban J connectivity index is 0.000000459. The first kappa shape index (κ1) is 18.1. The zero-order valence-electron chi connectivity index (χ0n) is 13.3. The largest absolute Gasteiger partial charge is 0.468 e. The average Bonchev–Trinajstić information content (AvgIpc) is 2.35. The highest BCUT2D eigenvalue weighted by Gasteiger charge is 2.37. The number of Topliss-reactive ketones (excluding diaryl/α,β-unsaturated/α-hetero) is 1. The molecule has 3 nitrogen and oxygen atoms in total. The quantitative estimate of drug-likeness (QED) is 0.438. The summed E-state index contributed by atoms with van der Waals surface area (Å²) in [5.41, 5.74) is 0.0571. The number of carbonyl (C=O) groups excluding carboxylic acids is 2. The van der Waals surface area contributed by atoms with Crippen LogP contribution in [0.4, 0.5) is 0 Å². The Morgan fingerprint density at radius 1 is 1.26 bits per heavy atom. The van der Waals surface area contributed by atoms with Gasteiger partial charge in [-0.05, 0) is 18.3 Å². The van der Waals surface area contributed by atoms with Gasteiger partial charge in [-0.3, -0.25) is 9.59 Å². The molecule has 1 saturated carbocycles. The van der Waals surface area contributed by atoms with Crippen molar-refractivity contribution in [1.82, 2.24) is 0 Å². The summed E-state index contributed by atoms with van der Waals surface area (Å²) >= 11 is 0. The Labute approximate surface area is 118 Å². The topological polar surface area (TPSA) is 43.4 Å². The zero-order chi connectivity index (χ0) is 14.9. The van der Waals surface area contributed by atoms with Gasteiger partial charge >= 0.3 is 5.97 Å². The number of rotatable bonds is 4. The predicted molar refractivity (Wildman–Crippen MR) is 78.0 cm³/mol. The van der Waals surface area contributed by atoms with E-state index in [0.717, 1.165) is 6.42 Å². The molecule has 1 rings (SSSR count). The van der Waals surface area contributed by atoms with Crippen LogP contribution in [0, 0.1) is 11.3 Å². The molecular weight excluding hydrogens is 240 g/mol. The molecule has 0 aliphatic heterocycles. The van der Waals surface area contributed by atoms with E-state index in [1.165, 1.54) is 32.8 Å². The first-order chi connectivity index (χ1) is 8.87. The van der Waals surface area contributed by atoms with Crippen molar-refractivity contribution in [3.8, 4) is 0 Å². The van der Waals surface area contributed by atoms with E-state index in [9.17, 15) is 9.59 Å². The van der Waals surface area contributed by atoms with Gasteiger partial charge < -0.3 is 4.74 Å². The third-order valence-electron chi connectivity index (χ3n) is 3.59. The lowest BCUT2D eigenvalue weighted by Gasteiger charge is -2.31. The van der Waals surface area contributed by atoms with Crippen LogP contribution in [0.5, 0.6) is 0 Å². The zero-order valence-corrected chi connectivity index (χ0v) is 13.3. The molecule has 0 spiro atoms. The summed E-state index contributed by atoms with van der Waals surface area (Å²) in [4.78, 5) is 22.7. The molecule has 0 aromatic rings. The summed E-state index contributed by atoms with van der Waals surface area (Å²) in [7, 11) is 1.33. The second-order valence-electron chi connectivity index (χ2n) is 6.13. The van der Waals surface area contributed by atoms with Gasteiger partial charge in [0.15, 0.2) is 0 Å². The van der Waals surface area contributed by atoms with Crippen LogP contribution in [0.2, 0.25) is 0 Å². The third kappa shape index (κ3) is 7.34. The van der Waals surface area contributed by atoms with Gasteiger partial charge in [0.25, 0.3) is 0 Å². The molecule has 112 valence electrons. The normalized spacial score (nSPS) is 21.3. The summed E-state index contributed by atoms with van der Waals surface area (Å²) < 4.78 is 4.57. The van der Waals surface area contributed by atoms with Crippen LogP contribution in [0.15, 0.2) is 0 Å². The van der Waals surface area contributed by atoms with Gasteiger partial charge in [-0.2, -0.15) is 0 Å². The van der Waals surface area contributed by atoms with Crippen molar-refractivity contribution >= 4 is 11.8 Å². The highest BCUT2D eigenvalue weighted by Crippen LogP contribution is 2.36. The van der Waals surface area contributed by atoms with Gasteiger partial charge in [0.1, 0.15) is 11.7 Å². The van der Waals surface area contributed by atoms with E-state index in [4.69, 9.17) is 0 Å². The number of ether oxygens (including phenoxy) is 1. The minimum absolute atomic E-state index is 0.0306. The maximum absolute atomic E-state index is 11.5. The van der Waals surface area contributed by atoms with Gasteiger partial charge in [0.05, 0.1) is 7.11 Å². The van der Waals surface area contributed by atoms with Crippen molar-refractivity contribution in [3.05, 3.63) is 0 Å². The lowest BCUT2D eigenvalue weighted by Crippen LogP contribution is -2.35. The van der Waals surface area contributed by atoms with E-state index >= 15 is 0 Å². The van der Waals surface area contributed by atoms with E-state index in [2.05, 4.69) is 32.4 Å². The van der Waals surface area contributed by atoms with E-state index in [1.807, 2.05) is 0 Å². The van der Waals surface area contributed by atoms with Crippen molar-refractivity contribution < 1.29 is 14.3 Å². The molecular formula is C16H30O3. The second kappa shape index (κ2) is 9.11. The third-order valence-corrected chi connectivity index (χ3v) is 3.59. The summed E-state index contributed by atoms with van der Waals surface area (Å²) in [6.45, 7) is 8.57. The predicted octanol–water partition coefficient (Wildman–Crippen LogP) is 4.14. The Bertz CT molecular complexity index is 278. The lowest BCUT2D eigenvalue weighted by molar-refractivity contribution is -0.152. The smallest absolute Gasteiger partial charge is 0.316 e. The number of methoxy groups -OCH3 is 1. The molecule has 19 heavy (non-hydrogen) atoms. The summed E-state index contributed by atoms with van der Waals surface area (Å²) in [6, 6.07) is 0. The van der Waals surface area contributed by atoms with Gasteiger partial charge in [0.2, 0.25) is 0 Å². The highest BCUT2D eigenvalue weighted by molar-refractivity contribution is 5.99. The summed E-state index contributed by atoms with van der Waals surface area (Å²) in [6.07, 6.45) is 7.58. The molecule has 1 aliphatic rings. The standard InChI is InChI=1S/C10H16O3.C6H14/c1-10(2)5-4-7(8(11)6-10)9(12)13-3;1-3-5-6-4-2/h7H,4-6H2,1-3H3;3-6H2,1-2H3. The molecule has 0 amide bonds. The van der Waals surface area contributed by atoms with Crippen LogP contribution in [0.25, 0.3) is 0 Å². The fourth-order valence-electron chi connectivity index (χ4n) is 2.27. The lowest BCUT2D eigenvalue weighted by atomic mass is 9.72. The maximum Gasteiger partial charge on any atom is 0.316 e. The molecule has 3 heteroatoms. The number of ketones is 1. The average molecular weight is 270 g/mol. The number of esters is 1. The first-order valence-corrected chi connectivity index (χ1v) is 7.48. The fourth-order valence-corrected chi connectivity index (χ4v) is 2.27. The van der Waals surface area contributed by atoms with Crippen molar-refractivity contribution in [2.24, 2.45) is 11.3 Å². The molecule has 1 fully saturated rings. The van der Waals surface area contributed by atoms with Crippen LogP contribution in [-0.4, -0.2) is 18.9 Å². The van der Waals surface area contributed by atoms with Gasteiger partial charge in [-0.25, -0.2) is 0 Å². The Hall–Kier alpha value is -0.860. The van der Waals surface area contributed by atoms with Crippen LogP contribution >= 0.6 is 0 Å². The number of hydrogen-bond acceptors (Lipinski definition) is 3. The van der Waals surface area contributed by atoms with E-state index in [0.29, 0.717) is 12.8 Å². The molecule has 1 aliphatic carbocycles. The SMILES string of the molecule is CCCCCC.COC(=O)C1CCC(C)(C)CC1=O. The first-order valence-electron chi connectivity index (χ1n) is 7.48.